The van der Waals surface area contributed by atoms with Crippen LogP contribution in [0, 0.1) is 0 Å². The van der Waals surface area contributed by atoms with E-state index in [-0.39, 0.29) is 6.61 Å². The fraction of sp³-hybridized carbons (Fsp3) is 0.417. The van der Waals surface area contributed by atoms with Crippen molar-refractivity contribution in [3.63, 3.8) is 0 Å². The first-order valence-corrected chi connectivity index (χ1v) is 6.09. The van der Waals surface area contributed by atoms with Gasteiger partial charge in [0, 0.05) is 10.0 Å². The van der Waals surface area contributed by atoms with E-state index in [1.165, 1.54) is 0 Å². The van der Waals surface area contributed by atoms with Crippen LogP contribution in [0.25, 0.3) is 0 Å². The van der Waals surface area contributed by atoms with Crippen LogP contribution in [-0.4, -0.2) is 24.3 Å². The second kappa shape index (κ2) is 6.61. The fourth-order valence-electron chi connectivity index (χ4n) is 1.32. The Labute approximate surface area is 109 Å². The average molecular weight is 303 g/mol. The highest BCUT2D eigenvalue weighted by Crippen LogP contribution is 2.28. The molecule has 1 rings (SSSR count). The van der Waals surface area contributed by atoms with Crippen molar-refractivity contribution in [1.82, 2.24) is 0 Å². The maximum absolute atomic E-state index is 11.2. The molecule has 1 N–H and O–H groups in total. The lowest BCUT2D eigenvalue weighted by Crippen LogP contribution is -2.15. The van der Waals surface area contributed by atoms with Gasteiger partial charge in [0.05, 0.1) is 12.7 Å². The molecule has 0 heterocycles. The molecule has 94 valence electrons. The molecule has 17 heavy (non-hydrogen) atoms. The largest absolute Gasteiger partial charge is 0.481 e. The molecular weight excluding hydrogens is 288 g/mol. The number of esters is 1. The number of hydrogen-bond donors (Lipinski definition) is 1. The van der Waals surface area contributed by atoms with Crippen LogP contribution in [0.3, 0.4) is 0 Å². The normalized spacial score (nSPS) is 12.0. The Hall–Kier alpha value is -1.07. The molecule has 1 atom stereocenters. The molecule has 0 radical (unpaired) electrons. The Morgan fingerprint density at radius 3 is 2.82 bits per heavy atom. The molecule has 0 aliphatic rings. The third-order valence-corrected chi connectivity index (χ3v) is 2.57. The van der Waals surface area contributed by atoms with Gasteiger partial charge in [0.15, 0.2) is 6.61 Å². The molecule has 0 aromatic heterocycles. The van der Waals surface area contributed by atoms with Crippen molar-refractivity contribution < 1.29 is 19.4 Å². The lowest BCUT2D eigenvalue weighted by atomic mass is 10.1. The van der Waals surface area contributed by atoms with Gasteiger partial charge < -0.3 is 14.6 Å². The van der Waals surface area contributed by atoms with Crippen LogP contribution in [0.5, 0.6) is 5.75 Å². The van der Waals surface area contributed by atoms with Crippen molar-refractivity contribution in [2.45, 2.75) is 20.0 Å². The monoisotopic (exact) mass is 302 g/mol. The summed E-state index contributed by atoms with van der Waals surface area (Å²) in [7, 11) is 0. The van der Waals surface area contributed by atoms with Crippen LogP contribution in [0.1, 0.15) is 25.5 Å². The highest BCUT2D eigenvalue weighted by atomic mass is 79.9. The molecule has 0 aliphatic heterocycles. The van der Waals surface area contributed by atoms with E-state index in [9.17, 15) is 9.90 Å². The highest BCUT2D eigenvalue weighted by Gasteiger charge is 2.11. The minimum Gasteiger partial charge on any atom is -0.481 e. The smallest absolute Gasteiger partial charge is 0.344 e. The summed E-state index contributed by atoms with van der Waals surface area (Å²) in [4.78, 5) is 11.2. The molecule has 0 spiro atoms. The molecule has 0 unspecified atom stereocenters. The zero-order valence-electron chi connectivity index (χ0n) is 9.77. The lowest BCUT2D eigenvalue weighted by molar-refractivity contribution is -0.145. The Morgan fingerprint density at radius 1 is 1.53 bits per heavy atom. The molecule has 0 fully saturated rings. The highest BCUT2D eigenvalue weighted by molar-refractivity contribution is 9.10. The van der Waals surface area contributed by atoms with E-state index in [0.29, 0.717) is 17.9 Å². The van der Waals surface area contributed by atoms with Gasteiger partial charge in [-0.2, -0.15) is 0 Å². The van der Waals surface area contributed by atoms with E-state index in [4.69, 9.17) is 9.47 Å². The number of benzene rings is 1. The van der Waals surface area contributed by atoms with Crippen molar-refractivity contribution in [3.8, 4) is 5.75 Å². The zero-order chi connectivity index (χ0) is 12.8. The van der Waals surface area contributed by atoms with Crippen molar-refractivity contribution in [2.75, 3.05) is 13.2 Å². The van der Waals surface area contributed by atoms with Crippen LogP contribution in [-0.2, 0) is 9.53 Å². The topological polar surface area (TPSA) is 55.8 Å². The molecule has 0 aliphatic carbocycles. The van der Waals surface area contributed by atoms with Crippen LogP contribution < -0.4 is 4.74 Å². The summed E-state index contributed by atoms with van der Waals surface area (Å²) in [6, 6.07) is 5.26. The number of ether oxygens (including phenoxy) is 2. The SMILES string of the molecule is CCOC(=O)COc1cc(Br)ccc1[C@H](C)O. The van der Waals surface area contributed by atoms with E-state index in [1.54, 1.807) is 32.0 Å². The summed E-state index contributed by atoms with van der Waals surface area (Å²) in [5, 5.41) is 9.55. The van der Waals surface area contributed by atoms with E-state index in [0.717, 1.165) is 4.47 Å². The maximum atomic E-state index is 11.2. The third-order valence-electron chi connectivity index (χ3n) is 2.08. The summed E-state index contributed by atoms with van der Waals surface area (Å²) in [5.74, 6) is 0.0476. The molecule has 0 amide bonds. The summed E-state index contributed by atoms with van der Waals surface area (Å²) in [6.07, 6.45) is -0.653. The quantitative estimate of drug-likeness (QED) is 0.849. The molecule has 1 aromatic rings. The predicted octanol–water partition coefficient (Wildman–Crippen LogP) is 2.44. The van der Waals surface area contributed by atoms with Gasteiger partial charge in [0.2, 0.25) is 0 Å². The van der Waals surface area contributed by atoms with Crippen LogP contribution in [0.2, 0.25) is 0 Å². The van der Waals surface area contributed by atoms with E-state index in [2.05, 4.69) is 15.9 Å². The first kappa shape index (κ1) is 14.0. The number of aliphatic hydroxyl groups is 1. The van der Waals surface area contributed by atoms with Crippen molar-refractivity contribution in [3.05, 3.63) is 28.2 Å². The molecular formula is C12H15BrO4. The van der Waals surface area contributed by atoms with E-state index >= 15 is 0 Å². The van der Waals surface area contributed by atoms with E-state index < -0.39 is 12.1 Å². The Morgan fingerprint density at radius 2 is 2.24 bits per heavy atom. The first-order chi connectivity index (χ1) is 8.04. The lowest BCUT2D eigenvalue weighted by Gasteiger charge is -2.13. The minimum atomic E-state index is -0.653. The summed E-state index contributed by atoms with van der Waals surface area (Å²) >= 11 is 3.31. The number of halogens is 1. The van der Waals surface area contributed by atoms with Crippen molar-refractivity contribution >= 4 is 21.9 Å². The van der Waals surface area contributed by atoms with Crippen molar-refractivity contribution in [1.29, 1.82) is 0 Å². The number of rotatable bonds is 5. The second-order valence-corrected chi connectivity index (χ2v) is 4.37. The predicted molar refractivity (Wildman–Crippen MR) is 66.9 cm³/mol. The molecule has 0 saturated heterocycles. The molecule has 0 bridgehead atoms. The van der Waals surface area contributed by atoms with Crippen LogP contribution in [0.4, 0.5) is 0 Å². The van der Waals surface area contributed by atoms with Gasteiger partial charge in [-0.25, -0.2) is 4.79 Å². The number of carbonyl (C=O) groups excluding carboxylic acids is 1. The molecule has 4 nitrogen and oxygen atoms in total. The Kier molecular flexibility index (Phi) is 5.44. The number of carbonyl (C=O) groups is 1. The van der Waals surface area contributed by atoms with Gasteiger partial charge >= 0.3 is 5.97 Å². The van der Waals surface area contributed by atoms with Gasteiger partial charge in [0.25, 0.3) is 0 Å². The molecule has 0 saturated carbocycles. The van der Waals surface area contributed by atoms with Gasteiger partial charge in [-0.1, -0.05) is 22.0 Å². The second-order valence-electron chi connectivity index (χ2n) is 3.45. The standard InChI is InChI=1S/C12H15BrO4/c1-3-16-12(15)7-17-11-6-9(13)4-5-10(11)8(2)14/h4-6,8,14H,3,7H2,1-2H3/t8-/m0/s1. The van der Waals surface area contributed by atoms with E-state index in [1.807, 2.05) is 0 Å². The maximum Gasteiger partial charge on any atom is 0.344 e. The third kappa shape index (κ3) is 4.36. The zero-order valence-corrected chi connectivity index (χ0v) is 11.4. The molecule has 5 heteroatoms. The van der Waals surface area contributed by atoms with Crippen LogP contribution >= 0.6 is 15.9 Å². The minimum absolute atomic E-state index is 0.163. The average Bonchev–Trinajstić information content (AvgIpc) is 2.26. The Bertz CT molecular complexity index is 390. The van der Waals surface area contributed by atoms with Gasteiger partial charge in [-0.15, -0.1) is 0 Å². The van der Waals surface area contributed by atoms with Crippen molar-refractivity contribution in [2.24, 2.45) is 0 Å². The van der Waals surface area contributed by atoms with Crippen LogP contribution in [0.15, 0.2) is 22.7 Å². The summed E-state index contributed by atoms with van der Waals surface area (Å²) in [6.45, 7) is 3.53. The molecule has 1 aromatic carbocycles. The fourth-order valence-corrected chi connectivity index (χ4v) is 1.66. The number of aliphatic hydroxyl groups excluding tert-OH is 1. The van der Waals surface area contributed by atoms with Gasteiger partial charge in [-0.05, 0) is 26.0 Å². The van der Waals surface area contributed by atoms with Gasteiger partial charge in [-0.3, -0.25) is 0 Å². The summed E-state index contributed by atoms with van der Waals surface area (Å²) in [5.41, 5.74) is 0.637. The Balaban J connectivity index is 2.75. The number of hydrogen-bond acceptors (Lipinski definition) is 4. The summed E-state index contributed by atoms with van der Waals surface area (Å²) < 4.78 is 10.9. The van der Waals surface area contributed by atoms with Gasteiger partial charge in [0.1, 0.15) is 5.75 Å². The first-order valence-electron chi connectivity index (χ1n) is 5.30.